The number of carboxylic acid groups (broad SMARTS) is 1. The molecule has 4 saturated carbocycles. The molecule has 5 aliphatic carbocycles. The maximum absolute atomic E-state index is 13.2. The molecular formula is C49H79NO17. The Morgan fingerprint density at radius 1 is 0.761 bits per heavy atom. The Morgan fingerprint density at radius 2 is 1.46 bits per heavy atom. The highest BCUT2D eigenvalue weighted by Gasteiger charge is 2.71. The number of aliphatic hydroxyl groups excluding tert-OH is 8. The largest absolute Gasteiger partial charge is 0.481 e. The van der Waals surface area contributed by atoms with Gasteiger partial charge in [-0.15, -0.1) is 0 Å². The van der Waals surface area contributed by atoms with E-state index in [0.29, 0.717) is 19.3 Å². The molecule has 0 spiro atoms. The maximum Gasteiger partial charge on any atom is 0.312 e. The fourth-order valence-corrected chi connectivity index (χ4v) is 15.2. The number of hydrogen-bond donors (Lipinski definition) is 10. The van der Waals surface area contributed by atoms with Crippen LogP contribution >= 0.6 is 0 Å². The summed E-state index contributed by atoms with van der Waals surface area (Å²) in [5.74, 6) is -1.22. The molecule has 0 aromatic carbocycles. The number of amides is 1. The molecule has 3 aliphatic heterocycles. The summed E-state index contributed by atoms with van der Waals surface area (Å²) in [6.07, 6.45) is -11.7. The van der Waals surface area contributed by atoms with Crippen molar-refractivity contribution < 1.29 is 84.0 Å². The van der Waals surface area contributed by atoms with E-state index in [1.807, 2.05) is 0 Å². The van der Waals surface area contributed by atoms with Gasteiger partial charge in [0.25, 0.3) is 0 Å². The molecule has 7 fully saturated rings. The lowest BCUT2D eigenvalue weighted by Gasteiger charge is -2.71. The zero-order valence-corrected chi connectivity index (χ0v) is 40.6. The van der Waals surface area contributed by atoms with Crippen LogP contribution in [0.15, 0.2) is 11.6 Å². The van der Waals surface area contributed by atoms with Gasteiger partial charge < -0.3 is 79.7 Å². The quantitative estimate of drug-likeness (QED) is 0.116. The average Bonchev–Trinajstić information content (AvgIpc) is 3.24. The number of allylic oxidation sites excluding steroid dienone is 2. The summed E-state index contributed by atoms with van der Waals surface area (Å²) in [5, 5.41) is 101. The summed E-state index contributed by atoms with van der Waals surface area (Å²) in [7, 11) is 0. The van der Waals surface area contributed by atoms with Crippen molar-refractivity contribution in [1.82, 2.24) is 5.32 Å². The van der Waals surface area contributed by atoms with E-state index in [1.165, 1.54) is 19.4 Å². The summed E-state index contributed by atoms with van der Waals surface area (Å²) < 4.78 is 36.4. The molecule has 0 unspecified atom stereocenters. The second-order valence-electron chi connectivity index (χ2n) is 23.9. The first-order valence-electron chi connectivity index (χ1n) is 24.6. The molecule has 8 aliphatic rings. The van der Waals surface area contributed by atoms with E-state index in [4.69, 9.17) is 28.4 Å². The van der Waals surface area contributed by atoms with Gasteiger partial charge in [0, 0.05) is 6.92 Å². The van der Waals surface area contributed by atoms with Crippen molar-refractivity contribution in [1.29, 1.82) is 0 Å². The first-order chi connectivity index (χ1) is 31.1. The van der Waals surface area contributed by atoms with Crippen LogP contribution in [0, 0.1) is 50.2 Å². The lowest BCUT2D eigenvalue weighted by molar-refractivity contribution is -0.361. The third-order valence-electron chi connectivity index (χ3n) is 19.3. The number of carbonyl (C=O) groups excluding carboxylic acids is 1. The van der Waals surface area contributed by atoms with Gasteiger partial charge in [-0.2, -0.15) is 0 Å². The van der Waals surface area contributed by atoms with Gasteiger partial charge in [-0.05, 0) is 110 Å². The van der Waals surface area contributed by atoms with Crippen LogP contribution in [0.3, 0.4) is 0 Å². The maximum atomic E-state index is 13.2. The van der Waals surface area contributed by atoms with E-state index in [-0.39, 0.29) is 40.6 Å². The summed E-state index contributed by atoms with van der Waals surface area (Å²) in [5.41, 5.74) is -1.27. The van der Waals surface area contributed by atoms with E-state index >= 15 is 0 Å². The van der Waals surface area contributed by atoms with E-state index in [0.717, 1.165) is 38.5 Å². The third kappa shape index (κ3) is 8.26. The Bertz CT molecular complexity index is 1880. The van der Waals surface area contributed by atoms with Crippen LogP contribution in [0.1, 0.15) is 120 Å². The highest BCUT2D eigenvalue weighted by Crippen LogP contribution is 2.76. The van der Waals surface area contributed by atoms with Crippen LogP contribution in [0.5, 0.6) is 0 Å². The predicted octanol–water partition coefficient (Wildman–Crippen LogP) is 1.49. The molecule has 382 valence electrons. The van der Waals surface area contributed by atoms with Crippen molar-refractivity contribution in [3.63, 3.8) is 0 Å². The Balaban J connectivity index is 1.01. The molecule has 67 heavy (non-hydrogen) atoms. The number of aliphatic hydroxyl groups is 8. The molecule has 0 bridgehead atoms. The molecule has 3 heterocycles. The number of fused-ring (bicyclic) bond motifs is 7. The molecular weight excluding hydrogens is 875 g/mol. The molecule has 1 amide bonds. The van der Waals surface area contributed by atoms with E-state index in [2.05, 4.69) is 59.9 Å². The minimum absolute atomic E-state index is 0.0448. The van der Waals surface area contributed by atoms with Crippen molar-refractivity contribution in [2.75, 3.05) is 13.2 Å². The zero-order chi connectivity index (χ0) is 49.1. The van der Waals surface area contributed by atoms with Gasteiger partial charge in [0.05, 0.1) is 31.5 Å². The summed E-state index contributed by atoms with van der Waals surface area (Å²) in [6, 6.07) is -1.17. The van der Waals surface area contributed by atoms with Crippen molar-refractivity contribution in [3.05, 3.63) is 11.6 Å². The predicted molar refractivity (Wildman–Crippen MR) is 236 cm³/mol. The summed E-state index contributed by atoms with van der Waals surface area (Å²) >= 11 is 0. The monoisotopic (exact) mass is 954 g/mol. The number of aliphatic carboxylic acids is 1. The molecule has 0 aromatic rings. The Labute approximate surface area is 393 Å². The number of hydrogen-bond acceptors (Lipinski definition) is 16. The second-order valence-corrected chi connectivity index (χ2v) is 23.9. The number of carboxylic acids is 1. The number of ether oxygens (including phenoxy) is 6. The van der Waals surface area contributed by atoms with E-state index in [1.54, 1.807) is 0 Å². The van der Waals surface area contributed by atoms with Crippen molar-refractivity contribution in [2.45, 2.75) is 218 Å². The van der Waals surface area contributed by atoms with Gasteiger partial charge in [0.15, 0.2) is 18.9 Å². The molecule has 3 saturated heterocycles. The molecule has 18 heteroatoms. The second kappa shape index (κ2) is 18.0. The van der Waals surface area contributed by atoms with Gasteiger partial charge in [0.2, 0.25) is 5.91 Å². The van der Waals surface area contributed by atoms with Gasteiger partial charge in [-0.25, -0.2) is 0 Å². The van der Waals surface area contributed by atoms with Crippen molar-refractivity contribution in [2.24, 2.45) is 50.2 Å². The van der Waals surface area contributed by atoms with Crippen LogP contribution in [-0.4, -0.2) is 169 Å². The fourth-order valence-electron chi connectivity index (χ4n) is 15.2. The molecule has 23 atom stereocenters. The van der Waals surface area contributed by atoms with Gasteiger partial charge >= 0.3 is 5.97 Å². The molecule has 10 N–H and O–H groups in total. The number of carbonyl (C=O) groups is 2. The van der Waals surface area contributed by atoms with Crippen LogP contribution < -0.4 is 5.32 Å². The van der Waals surface area contributed by atoms with Crippen LogP contribution in [0.25, 0.3) is 0 Å². The Morgan fingerprint density at radius 3 is 2.13 bits per heavy atom. The van der Waals surface area contributed by atoms with E-state index < -0.39 is 133 Å². The summed E-state index contributed by atoms with van der Waals surface area (Å²) in [6.45, 7) is 17.8. The minimum Gasteiger partial charge on any atom is -0.481 e. The zero-order valence-electron chi connectivity index (χ0n) is 40.6. The van der Waals surface area contributed by atoms with Crippen molar-refractivity contribution in [3.8, 4) is 0 Å². The van der Waals surface area contributed by atoms with Crippen LogP contribution in [0.2, 0.25) is 0 Å². The molecule has 0 radical (unpaired) electrons. The van der Waals surface area contributed by atoms with E-state index in [9.17, 15) is 55.5 Å². The summed E-state index contributed by atoms with van der Waals surface area (Å²) in [4.78, 5) is 25.8. The minimum atomic E-state index is -1.72. The van der Waals surface area contributed by atoms with Crippen LogP contribution in [0.4, 0.5) is 0 Å². The highest BCUT2D eigenvalue weighted by atomic mass is 16.8. The van der Waals surface area contributed by atoms with Gasteiger partial charge in [0.1, 0.15) is 66.4 Å². The standard InChI is InChI=1S/C49H79NO17/c1-22-33(54)37(58)39(67-41-38(59)34(55)26(52)20-62-41)42(64-22)63-21-27-35(56)36(57)32(50-23(2)51)40(65-27)66-31-13-14-46(7)28(45(31,5)6)12-15-47(8)29(46)11-10-24-25-18-44(3,4)16-17-49(25,43(60)61)30(53)19-48(24,47)9/h10,22,25-42,52-59H,11-21H2,1-9H3,(H,50,51)(H,60,61)/t22-,25+,26-,27-,28-,29-,30+,31+,32-,33+,34+,35-,36-,37+,38-,39-,40+,41+,42-,46+,47-,48-,49-/m1/s1. The number of rotatable bonds is 9. The fraction of sp³-hybridized carbons (Fsp3) is 0.918. The normalized spacial score (nSPS) is 52.6. The smallest absolute Gasteiger partial charge is 0.312 e. The van der Waals surface area contributed by atoms with Gasteiger partial charge in [-0.1, -0.05) is 60.1 Å². The Kier molecular flexibility index (Phi) is 13.8. The number of nitrogens with one attached hydrogen (secondary N) is 1. The third-order valence-corrected chi connectivity index (χ3v) is 19.3. The molecule has 8 rings (SSSR count). The first kappa shape index (κ1) is 51.5. The first-order valence-corrected chi connectivity index (χ1v) is 24.6. The average molecular weight is 954 g/mol. The van der Waals surface area contributed by atoms with Crippen LogP contribution in [-0.2, 0) is 38.0 Å². The SMILES string of the molecule is CC(=O)N[C@H]1[C@H](O[C@H]2CC[C@@]3(C)[C@H](CC[C@]4(C)[C@@H]3CC=C3[C@@H]5CC(C)(C)CC[C@]5(C(=O)O)[C@@H](O)C[C@]34C)C2(C)C)O[C@H](CO[C@@H]2O[C@H](C)[C@H](O)[C@H](O)[C@H]2O[C@@H]2OC[C@@H](O)[C@H](O)[C@H]2O)[C@@H](O)[C@@H]1O. The Hall–Kier alpha value is -1.88. The topological polar surface area (TPSA) is 284 Å². The lowest BCUT2D eigenvalue weighted by atomic mass is 9.33. The lowest BCUT2D eigenvalue weighted by Crippen LogP contribution is -2.68. The highest BCUT2D eigenvalue weighted by molar-refractivity contribution is 5.77. The molecule has 0 aromatic heterocycles. The molecule has 18 nitrogen and oxygen atoms in total. The van der Waals surface area contributed by atoms with Crippen molar-refractivity contribution >= 4 is 11.9 Å². The van der Waals surface area contributed by atoms with Gasteiger partial charge in [-0.3, -0.25) is 9.59 Å².